The van der Waals surface area contributed by atoms with Crippen LogP contribution in [0.25, 0.3) is 125 Å². The van der Waals surface area contributed by atoms with E-state index in [1.807, 2.05) is 11.3 Å². The van der Waals surface area contributed by atoms with Crippen LogP contribution in [0.4, 0.5) is 0 Å². The maximum atomic E-state index is 5.70. The predicted molar refractivity (Wildman–Crippen MR) is 263 cm³/mol. The molecule has 4 heterocycles. The molecule has 0 amide bonds. The number of hydrogen-bond acceptors (Lipinski definition) is 2. The fraction of sp³-hybridized carbons (Fsp3) is 0. The molecule has 0 spiro atoms. The van der Waals surface area contributed by atoms with Crippen LogP contribution in [-0.4, -0.2) is 18.7 Å². The smallest absolute Gasteiger partial charge is 0.147 e. The summed E-state index contributed by atoms with van der Waals surface area (Å²) in [7, 11) is 0. The van der Waals surface area contributed by atoms with Gasteiger partial charge in [0, 0.05) is 75.1 Å². The van der Waals surface area contributed by atoms with Gasteiger partial charge in [0.05, 0.1) is 33.1 Å². The molecule has 4 aromatic heterocycles. The Balaban J connectivity index is 1.09. The Bertz CT molecular complexity index is 4160. The average molecular weight is 807 g/mol. The van der Waals surface area contributed by atoms with Crippen LogP contribution in [0.3, 0.4) is 0 Å². The van der Waals surface area contributed by atoms with Gasteiger partial charge in [0.2, 0.25) is 0 Å². The summed E-state index contributed by atoms with van der Waals surface area (Å²) in [5.41, 5.74) is 11.3. The third-order valence-electron chi connectivity index (χ3n) is 13.0. The van der Waals surface area contributed by atoms with Crippen molar-refractivity contribution in [2.75, 3.05) is 0 Å². The molecule has 5 heteroatoms. The van der Waals surface area contributed by atoms with Crippen molar-refractivity contribution >= 4 is 108 Å². The molecule has 14 rings (SSSR count). The van der Waals surface area contributed by atoms with Crippen molar-refractivity contribution in [3.8, 4) is 28.5 Å². The summed E-state index contributed by atoms with van der Waals surface area (Å²) in [6, 6.07) is 75.3. The summed E-state index contributed by atoms with van der Waals surface area (Å²) < 4.78 is 9.83. The third-order valence-corrected chi connectivity index (χ3v) is 14.2. The van der Waals surface area contributed by atoms with Crippen molar-refractivity contribution in [3.05, 3.63) is 206 Å². The molecule has 0 saturated heterocycles. The van der Waals surface area contributed by atoms with Gasteiger partial charge in [0.1, 0.15) is 5.82 Å². The lowest BCUT2D eigenvalue weighted by atomic mass is 10.00. The molecule has 0 bridgehead atoms. The molecule has 0 N–H and O–H groups in total. The lowest BCUT2D eigenvalue weighted by molar-refractivity contribution is 1.09. The minimum absolute atomic E-state index is 0.938. The zero-order chi connectivity index (χ0) is 40.5. The lowest BCUT2D eigenvalue weighted by Crippen LogP contribution is -2.01. The highest BCUT2D eigenvalue weighted by molar-refractivity contribution is 7.26. The van der Waals surface area contributed by atoms with Gasteiger partial charge < -0.3 is 9.13 Å². The molecule has 62 heavy (non-hydrogen) atoms. The monoisotopic (exact) mass is 806 g/mol. The van der Waals surface area contributed by atoms with Crippen LogP contribution in [-0.2, 0) is 0 Å². The first-order valence-electron chi connectivity index (χ1n) is 21.1. The topological polar surface area (TPSA) is 27.7 Å². The van der Waals surface area contributed by atoms with Gasteiger partial charge in [-0.2, -0.15) is 0 Å². The highest BCUT2D eigenvalue weighted by atomic mass is 32.1. The van der Waals surface area contributed by atoms with Gasteiger partial charge in [0.15, 0.2) is 0 Å². The summed E-state index contributed by atoms with van der Waals surface area (Å²) in [6.45, 7) is 0. The Morgan fingerprint density at radius 2 is 0.823 bits per heavy atom. The van der Waals surface area contributed by atoms with Crippen molar-refractivity contribution in [2.45, 2.75) is 0 Å². The second-order valence-electron chi connectivity index (χ2n) is 16.3. The molecule has 0 radical (unpaired) electrons. The number of benzene rings is 10. The van der Waals surface area contributed by atoms with E-state index >= 15 is 0 Å². The number of para-hydroxylation sites is 3. The molecule has 14 aromatic rings. The minimum atomic E-state index is 0.938. The minimum Gasteiger partial charge on any atom is -0.309 e. The quantitative estimate of drug-likeness (QED) is 0.163. The molecule has 10 aromatic carbocycles. The van der Waals surface area contributed by atoms with Gasteiger partial charge in [-0.05, 0) is 77.5 Å². The number of nitrogens with zero attached hydrogens (tertiary/aromatic N) is 4. The van der Waals surface area contributed by atoms with E-state index in [-0.39, 0.29) is 0 Å². The molecular weight excluding hydrogens is 773 g/mol. The van der Waals surface area contributed by atoms with Gasteiger partial charge in [-0.1, -0.05) is 140 Å². The van der Waals surface area contributed by atoms with E-state index in [2.05, 4.69) is 220 Å². The summed E-state index contributed by atoms with van der Waals surface area (Å²) in [4.78, 5) is 5.70. The van der Waals surface area contributed by atoms with Crippen LogP contribution in [0.1, 0.15) is 0 Å². The molecule has 0 aliphatic heterocycles. The molecule has 288 valence electrons. The molecule has 4 nitrogen and oxygen atoms in total. The first kappa shape index (κ1) is 33.8. The number of thiophene rings is 1. The van der Waals surface area contributed by atoms with Crippen LogP contribution in [0, 0.1) is 0 Å². The second kappa shape index (κ2) is 12.8. The van der Waals surface area contributed by atoms with Gasteiger partial charge in [-0.3, -0.25) is 4.57 Å². The Morgan fingerprint density at radius 3 is 1.53 bits per heavy atom. The van der Waals surface area contributed by atoms with E-state index in [0.29, 0.717) is 0 Å². The molecule has 0 aliphatic rings. The largest absolute Gasteiger partial charge is 0.309 e. The normalized spacial score (nSPS) is 12.2. The van der Waals surface area contributed by atoms with Crippen LogP contribution >= 0.6 is 11.3 Å². The number of fused-ring (bicyclic) bond motifs is 15. The number of rotatable bonds is 4. The summed E-state index contributed by atoms with van der Waals surface area (Å²) >= 11 is 1.85. The summed E-state index contributed by atoms with van der Waals surface area (Å²) in [5.74, 6) is 0.938. The van der Waals surface area contributed by atoms with Crippen LogP contribution in [0.5, 0.6) is 0 Å². The van der Waals surface area contributed by atoms with Crippen molar-refractivity contribution in [3.63, 3.8) is 0 Å². The van der Waals surface area contributed by atoms with Crippen molar-refractivity contribution < 1.29 is 0 Å². The summed E-state index contributed by atoms with van der Waals surface area (Å²) in [5, 5.41) is 12.2. The average Bonchev–Trinajstić information content (AvgIpc) is 4.09. The van der Waals surface area contributed by atoms with E-state index in [1.165, 1.54) is 79.9 Å². The molecule has 0 fully saturated rings. The fourth-order valence-electron chi connectivity index (χ4n) is 10.4. The maximum Gasteiger partial charge on any atom is 0.147 e. The van der Waals surface area contributed by atoms with Crippen LogP contribution < -0.4 is 0 Å². The Kier molecular flexibility index (Phi) is 6.96. The summed E-state index contributed by atoms with van der Waals surface area (Å²) in [6.07, 6.45) is 0. The van der Waals surface area contributed by atoms with Crippen LogP contribution in [0.15, 0.2) is 206 Å². The van der Waals surface area contributed by atoms with Crippen molar-refractivity contribution in [1.29, 1.82) is 0 Å². The molecular formula is C57H34N4S. The van der Waals surface area contributed by atoms with E-state index in [4.69, 9.17) is 4.98 Å². The lowest BCUT2D eigenvalue weighted by Gasteiger charge is -2.15. The second-order valence-corrected chi connectivity index (χ2v) is 17.3. The Morgan fingerprint density at radius 1 is 0.323 bits per heavy atom. The first-order valence-corrected chi connectivity index (χ1v) is 22.0. The van der Waals surface area contributed by atoms with Crippen molar-refractivity contribution in [1.82, 2.24) is 18.7 Å². The maximum absolute atomic E-state index is 5.70. The Hall–Kier alpha value is -7.99. The molecule has 0 atom stereocenters. The van der Waals surface area contributed by atoms with Gasteiger partial charge in [-0.25, -0.2) is 4.98 Å². The van der Waals surface area contributed by atoms with E-state index in [1.54, 1.807) is 0 Å². The standard InChI is InChI=1S/C57H34N4S/c1-2-16-35(17-3-1)59-49-29-11-8-22-40(49)47-34-52-48(33-51(47)59)41-23-9-12-30-50(41)60(52)36-18-14-19-37(32-36)61-55-44-26-7-5-21-39(44)38-20-4-6-25-43(38)54(55)58-57(61)46-28-15-27-45-42-24-10-13-31-53(42)62-56(45)46/h1-34H. The van der Waals surface area contributed by atoms with Gasteiger partial charge in [-0.15, -0.1) is 11.3 Å². The third kappa shape index (κ3) is 4.63. The van der Waals surface area contributed by atoms with Gasteiger partial charge in [0.25, 0.3) is 0 Å². The number of hydrogen-bond donors (Lipinski definition) is 0. The van der Waals surface area contributed by atoms with Gasteiger partial charge >= 0.3 is 0 Å². The Labute approximate surface area is 359 Å². The zero-order valence-electron chi connectivity index (χ0n) is 33.3. The highest BCUT2D eigenvalue weighted by Crippen LogP contribution is 2.45. The number of imidazole rings is 1. The fourth-order valence-corrected chi connectivity index (χ4v) is 11.6. The number of aromatic nitrogens is 4. The van der Waals surface area contributed by atoms with E-state index in [9.17, 15) is 0 Å². The predicted octanol–water partition coefficient (Wildman–Crippen LogP) is 15.6. The SMILES string of the molecule is c1ccc(-n2c3ccccc3c3cc4c(cc32)c2ccccc2n4-c2cccc(-n3c(-c4cccc5c4sc4ccccc45)nc4c5ccccc5c5ccccc5c43)c2)cc1. The first-order chi connectivity index (χ1) is 30.8. The van der Waals surface area contributed by atoms with Crippen molar-refractivity contribution in [2.24, 2.45) is 0 Å². The zero-order valence-corrected chi connectivity index (χ0v) is 34.1. The highest BCUT2D eigenvalue weighted by Gasteiger charge is 2.24. The van der Waals surface area contributed by atoms with E-state index < -0.39 is 0 Å². The molecule has 0 aliphatic carbocycles. The van der Waals surface area contributed by atoms with Crippen LogP contribution in [0.2, 0.25) is 0 Å². The molecule has 0 saturated carbocycles. The molecule has 0 unspecified atom stereocenters. The van der Waals surface area contributed by atoms with E-state index in [0.717, 1.165) is 44.9 Å².